The van der Waals surface area contributed by atoms with Crippen molar-refractivity contribution in [3.05, 3.63) is 52.7 Å². The molecule has 1 aliphatic carbocycles. The van der Waals surface area contributed by atoms with Crippen LogP contribution in [0.4, 0.5) is 5.69 Å². The van der Waals surface area contributed by atoms with Gasteiger partial charge in [0, 0.05) is 22.9 Å². The van der Waals surface area contributed by atoms with Gasteiger partial charge in [-0.05, 0) is 36.4 Å². The van der Waals surface area contributed by atoms with Crippen LogP contribution in [-0.4, -0.2) is 5.78 Å². The van der Waals surface area contributed by atoms with Crippen molar-refractivity contribution in [3.8, 4) is 0 Å². The largest absolute Gasteiger partial charge is 0.377 e. The van der Waals surface area contributed by atoms with Crippen LogP contribution in [-0.2, 0) is 4.79 Å². The van der Waals surface area contributed by atoms with Crippen LogP contribution < -0.4 is 5.32 Å². The van der Waals surface area contributed by atoms with E-state index in [2.05, 4.69) is 35.0 Å². The topological polar surface area (TPSA) is 29.1 Å². The molecule has 1 N–H and O–H groups in total. The fourth-order valence-electron chi connectivity index (χ4n) is 2.91. The molecule has 1 unspecified atom stereocenters. The van der Waals surface area contributed by atoms with E-state index in [4.69, 9.17) is 0 Å². The fraction of sp³-hybridized carbons (Fsp3) is 0.353. The molecule has 0 amide bonds. The zero-order valence-corrected chi connectivity index (χ0v) is 12.2. The van der Waals surface area contributed by atoms with Gasteiger partial charge in [0.05, 0.1) is 6.04 Å². The van der Waals surface area contributed by atoms with Gasteiger partial charge in [0.1, 0.15) is 5.78 Å². The smallest absolute Gasteiger partial charge is 0.138 e. The molecule has 3 heteroatoms. The minimum absolute atomic E-state index is 0.114. The SMILES string of the molecule is O=C1CCCCC1[C@H](Nc1ccccc1)c1cccs1. The van der Waals surface area contributed by atoms with Crippen molar-refractivity contribution in [2.75, 3.05) is 5.32 Å². The van der Waals surface area contributed by atoms with Gasteiger partial charge in [-0.25, -0.2) is 0 Å². The predicted octanol–water partition coefficient (Wildman–Crippen LogP) is 4.66. The van der Waals surface area contributed by atoms with Crippen molar-refractivity contribution in [1.82, 2.24) is 0 Å². The Bertz CT molecular complexity index is 550. The first-order chi connectivity index (χ1) is 9.84. The molecule has 1 aliphatic rings. The maximum atomic E-state index is 12.3. The van der Waals surface area contributed by atoms with E-state index < -0.39 is 0 Å². The molecule has 0 saturated heterocycles. The van der Waals surface area contributed by atoms with Crippen molar-refractivity contribution in [1.29, 1.82) is 0 Å². The second-order valence-electron chi connectivity index (χ2n) is 5.32. The van der Waals surface area contributed by atoms with Gasteiger partial charge in [0.15, 0.2) is 0 Å². The molecule has 0 radical (unpaired) electrons. The third-order valence-electron chi connectivity index (χ3n) is 3.95. The number of Topliss-reactive ketones (excluding diaryl/α,β-unsaturated/α-hetero) is 1. The number of benzene rings is 1. The number of hydrogen-bond acceptors (Lipinski definition) is 3. The summed E-state index contributed by atoms with van der Waals surface area (Å²) in [5.41, 5.74) is 1.09. The van der Waals surface area contributed by atoms with Crippen molar-refractivity contribution >= 4 is 22.8 Å². The Morgan fingerprint density at radius 1 is 1.10 bits per heavy atom. The maximum absolute atomic E-state index is 12.3. The van der Waals surface area contributed by atoms with Crippen LogP contribution in [0.25, 0.3) is 0 Å². The van der Waals surface area contributed by atoms with E-state index >= 15 is 0 Å². The van der Waals surface area contributed by atoms with Crippen molar-refractivity contribution in [2.45, 2.75) is 31.7 Å². The van der Waals surface area contributed by atoms with Crippen molar-refractivity contribution in [2.24, 2.45) is 5.92 Å². The Morgan fingerprint density at radius 3 is 2.65 bits per heavy atom. The summed E-state index contributed by atoms with van der Waals surface area (Å²) in [4.78, 5) is 13.5. The summed E-state index contributed by atoms with van der Waals surface area (Å²) in [6, 6.07) is 14.5. The van der Waals surface area contributed by atoms with Crippen LogP contribution in [0, 0.1) is 5.92 Å². The molecule has 2 aromatic rings. The van der Waals surface area contributed by atoms with Crippen molar-refractivity contribution in [3.63, 3.8) is 0 Å². The Labute approximate surface area is 123 Å². The number of carbonyl (C=O) groups is 1. The van der Waals surface area contributed by atoms with Crippen LogP contribution in [0.15, 0.2) is 47.8 Å². The maximum Gasteiger partial charge on any atom is 0.138 e. The normalized spacial score (nSPS) is 20.6. The molecular formula is C17H19NOS. The molecule has 2 atom stereocenters. The van der Waals surface area contributed by atoms with Crippen LogP contribution in [0.5, 0.6) is 0 Å². The van der Waals surface area contributed by atoms with Gasteiger partial charge < -0.3 is 5.32 Å². The lowest BCUT2D eigenvalue weighted by Crippen LogP contribution is -2.29. The van der Waals surface area contributed by atoms with Gasteiger partial charge in [0.2, 0.25) is 0 Å². The molecule has 1 fully saturated rings. The number of thiophene rings is 1. The Hall–Kier alpha value is -1.61. The third kappa shape index (κ3) is 2.93. The van der Waals surface area contributed by atoms with E-state index in [1.54, 1.807) is 11.3 Å². The number of hydrogen-bond donors (Lipinski definition) is 1. The summed E-state index contributed by atoms with van der Waals surface area (Å²) >= 11 is 1.73. The minimum Gasteiger partial charge on any atom is -0.377 e. The number of anilines is 1. The fourth-order valence-corrected chi connectivity index (χ4v) is 3.76. The summed E-state index contributed by atoms with van der Waals surface area (Å²) in [6.07, 6.45) is 3.96. The molecule has 2 nitrogen and oxygen atoms in total. The van der Waals surface area contributed by atoms with E-state index in [1.807, 2.05) is 18.2 Å². The molecule has 1 aromatic carbocycles. The summed E-state index contributed by atoms with van der Waals surface area (Å²) in [5.74, 6) is 0.528. The second-order valence-corrected chi connectivity index (χ2v) is 6.30. The van der Waals surface area contributed by atoms with Crippen LogP contribution in [0.2, 0.25) is 0 Å². The van der Waals surface area contributed by atoms with E-state index in [9.17, 15) is 4.79 Å². The van der Waals surface area contributed by atoms with E-state index in [0.717, 1.165) is 31.4 Å². The highest BCUT2D eigenvalue weighted by Gasteiger charge is 2.31. The van der Waals surface area contributed by atoms with E-state index in [1.165, 1.54) is 4.88 Å². The molecule has 0 aliphatic heterocycles. The minimum atomic E-state index is 0.114. The number of para-hydroxylation sites is 1. The van der Waals surface area contributed by atoms with E-state index in [0.29, 0.717) is 5.78 Å². The lowest BCUT2D eigenvalue weighted by molar-refractivity contribution is -0.125. The first-order valence-electron chi connectivity index (χ1n) is 7.22. The lowest BCUT2D eigenvalue weighted by atomic mass is 9.82. The Morgan fingerprint density at radius 2 is 1.95 bits per heavy atom. The van der Waals surface area contributed by atoms with E-state index in [-0.39, 0.29) is 12.0 Å². The highest BCUT2D eigenvalue weighted by molar-refractivity contribution is 7.10. The number of carbonyl (C=O) groups excluding carboxylic acids is 1. The Kier molecular flexibility index (Phi) is 4.16. The van der Waals surface area contributed by atoms with Crippen LogP contribution >= 0.6 is 11.3 Å². The van der Waals surface area contributed by atoms with Gasteiger partial charge >= 0.3 is 0 Å². The summed E-state index contributed by atoms with van der Waals surface area (Å²) in [6.45, 7) is 0. The zero-order valence-electron chi connectivity index (χ0n) is 11.4. The van der Waals surface area contributed by atoms with Gasteiger partial charge in [0.25, 0.3) is 0 Å². The highest BCUT2D eigenvalue weighted by atomic mass is 32.1. The molecule has 1 heterocycles. The average Bonchev–Trinajstić information content (AvgIpc) is 3.01. The molecule has 20 heavy (non-hydrogen) atoms. The number of nitrogens with one attached hydrogen (secondary N) is 1. The van der Waals surface area contributed by atoms with Gasteiger partial charge in [-0.3, -0.25) is 4.79 Å². The van der Waals surface area contributed by atoms with Crippen LogP contribution in [0.1, 0.15) is 36.6 Å². The predicted molar refractivity (Wildman–Crippen MR) is 84.1 cm³/mol. The first kappa shape index (κ1) is 13.4. The molecule has 3 rings (SSSR count). The highest BCUT2D eigenvalue weighted by Crippen LogP contribution is 2.36. The molecule has 104 valence electrons. The van der Waals surface area contributed by atoms with Gasteiger partial charge in [-0.1, -0.05) is 30.7 Å². The zero-order chi connectivity index (χ0) is 13.8. The third-order valence-corrected chi connectivity index (χ3v) is 4.91. The molecule has 0 bridgehead atoms. The summed E-state index contributed by atoms with van der Waals surface area (Å²) in [5, 5.41) is 5.66. The monoisotopic (exact) mass is 285 g/mol. The average molecular weight is 285 g/mol. The molecular weight excluding hydrogens is 266 g/mol. The Balaban J connectivity index is 1.86. The molecule has 1 aromatic heterocycles. The van der Waals surface area contributed by atoms with Gasteiger partial charge in [-0.15, -0.1) is 11.3 Å². The summed E-state index contributed by atoms with van der Waals surface area (Å²) in [7, 11) is 0. The van der Waals surface area contributed by atoms with Crippen molar-refractivity contribution < 1.29 is 4.79 Å². The summed E-state index contributed by atoms with van der Waals surface area (Å²) < 4.78 is 0. The number of rotatable bonds is 4. The molecule has 0 spiro atoms. The molecule has 1 saturated carbocycles. The number of ketones is 1. The lowest BCUT2D eigenvalue weighted by Gasteiger charge is -2.30. The first-order valence-corrected chi connectivity index (χ1v) is 8.10. The second kappa shape index (κ2) is 6.23. The standard InChI is InChI=1S/C17H19NOS/c19-15-10-5-4-9-14(15)17(16-11-6-12-20-16)18-13-7-2-1-3-8-13/h1-3,6-8,11-12,14,17-18H,4-5,9-10H2/t14?,17-/m0/s1. The quantitative estimate of drug-likeness (QED) is 0.885. The van der Waals surface area contributed by atoms with Gasteiger partial charge in [-0.2, -0.15) is 0 Å². The van der Waals surface area contributed by atoms with Crippen LogP contribution in [0.3, 0.4) is 0 Å².